The Hall–Kier alpha value is -5.28. The number of nitro benzene ring substituents is 2. The zero-order chi connectivity index (χ0) is 30.3. The van der Waals surface area contributed by atoms with Crippen molar-refractivity contribution in [3.63, 3.8) is 0 Å². The molecule has 1 aliphatic rings. The number of nitro groups is 2. The van der Waals surface area contributed by atoms with Gasteiger partial charge < -0.3 is 5.11 Å². The zero-order valence-corrected chi connectivity index (χ0v) is 23.0. The highest BCUT2D eigenvalue weighted by Gasteiger charge is 2.48. The van der Waals surface area contributed by atoms with Gasteiger partial charge in [0.25, 0.3) is 17.2 Å². The van der Waals surface area contributed by atoms with Crippen LogP contribution in [0.4, 0.5) is 16.5 Å². The number of carbonyl (C=O) groups is 2. The van der Waals surface area contributed by atoms with Gasteiger partial charge in [-0.1, -0.05) is 53.3 Å². The quantitative estimate of drug-likeness (QED) is 0.101. The molecular weight excluding hydrogens is 588 g/mol. The maximum atomic E-state index is 13.4. The maximum absolute atomic E-state index is 13.4. The minimum absolute atomic E-state index is 0.104. The van der Waals surface area contributed by atoms with Gasteiger partial charge in [0.2, 0.25) is 9.84 Å². The number of non-ortho nitro benzene ring substituents is 2. The van der Waals surface area contributed by atoms with Crippen molar-refractivity contribution in [2.45, 2.75) is 22.1 Å². The second kappa shape index (κ2) is 10.6. The van der Waals surface area contributed by atoms with Crippen molar-refractivity contribution in [1.82, 2.24) is 4.98 Å². The smallest absolute Gasteiger partial charge is 0.301 e. The molecule has 0 spiro atoms. The number of benzene rings is 3. The highest BCUT2D eigenvalue weighted by Crippen LogP contribution is 2.44. The van der Waals surface area contributed by atoms with Gasteiger partial charge in [0.1, 0.15) is 9.97 Å². The van der Waals surface area contributed by atoms with E-state index in [0.29, 0.717) is 11.3 Å². The summed E-state index contributed by atoms with van der Waals surface area (Å²) in [5.41, 5.74) is 0.175. The van der Waals surface area contributed by atoms with Gasteiger partial charge >= 0.3 is 5.91 Å². The lowest BCUT2D eigenvalue weighted by atomic mass is 9.95. The Bertz CT molecular complexity index is 1920. The maximum Gasteiger partial charge on any atom is 0.301 e. The van der Waals surface area contributed by atoms with Gasteiger partial charge in [0, 0.05) is 29.8 Å². The van der Waals surface area contributed by atoms with Crippen LogP contribution in [0, 0.1) is 27.2 Å². The lowest BCUT2D eigenvalue weighted by Gasteiger charge is -2.22. The van der Waals surface area contributed by atoms with Gasteiger partial charge in [-0.3, -0.25) is 34.7 Å². The van der Waals surface area contributed by atoms with E-state index in [4.69, 9.17) is 0 Å². The number of aryl methyl sites for hydroxylation is 1. The van der Waals surface area contributed by atoms with Crippen LogP contribution in [0.3, 0.4) is 0 Å². The number of hydrogen-bond donors (Lipinski definition) is 1. The minimum Gasteiger partial charge on any atom is -0.507 e. The lowest BCUT2D eigenvalue weighted by Crippen LogP contribution is -2.29. The number of carbonyl (C=O) groups excluding carboxylic acids is 2. The van der Waals surface area contributed by atoms with Crippen LogP contribution in [0.2, 0.25) is 0 Å². The molecule has 4 aromatic rings. The van der Waals surface area contributed by atoms with E-state index >= 15 is 0 Å². The monoisotopic (exact) mass is 606 g/mol. The number of aromatic nitrogens is 1. The summed E-state index contributed by atoms with van der Waals surface area (Å²) in [6.45, 7) is 1.82. The third kappa shape index (κ3) is 4.90. The Balaban J connectivity index is 1.65. The number of anilines is 1. The molecule has 1 fully saturated rings. The van der Waals surface area contributed by atoms with Crippen LogP contribution in [-0.4, -0.2) is 40.0 Å². The molecular formula is C27H18N4O9S2. The molecule has 42 heavy (non-hydrogen) atoms. The summed E-state index contributed by atoms with van der Waals surface area (Å²) < 4.78 is 26.2. The molecule has 1 N–H and O–H groups in total. The van der Waals surface area contributed by atoms with E-state index in [1.807, 2.05) is 6.92 Å². The Morgan fingerprint density at radius 3 is 2.21 bits per heavy atom. The van der Waals surface area contributed by atoms with Crippen molar-refractivity contribution in [2.24, 2.45) is 0 Å². The van der Waals surface area contributed by atoms with Crippen LogP contribution >= 0.6 is 11.3 Å². The topological polar surface area (TPSA) is 191 Å². The average molecular weight is 607 g/mol. The van der Waals surface area contributed by atoms with Crippen LogP contribution in [0.25, 0.3) is 5.76 Å². The Labute approximate surface area is 241 Å². The van der Waals surface area contributed by atoms with Gasteiger partial charge in [-0.25, -0.2) is 13.4 Å². The summed E-state index contributed by atoms with van der Waals surface area (Å²) in [4.78, 5) is 52.6. The van der Waals surface area contributed by atoms with E-state index in [1.165, 1.54) is 18.2 Å². The van der Waals surface area contributed by atoms with E-state index in [1.54, 1.807) is 24.3 Å². The first-order chi connectivity index (χ1) is 19.9. The first-order valence-corrected chi connectivity index (χ1v) is 14.3. The molecule has 1 aromatic heterocycles. The van der Waals surface area contributed by atoms with Gasteiger partial charge in [-0.15, -0.1) is 0 Å². The molecule has 1 atom stereocenters. The molecule has 0 radical (unpaired) electrons. The highest BCUT2D eigenvalue weighted by molar-refractivity contribution is 7.93. The molecule has 212 valence electrons. The summed E-state index contributed by atoms with van der Waals surface area (Å²) in [6, 6.07) is 14.4. The van der Waals surface area contributed by atoms with Crippen LogP contribution in [-0.2, 0) is 19.4 Å². The number of nitrogens with zero attached hydrogens (tertiary/aromatic N) is 4. The number of aliphatic hydroxyl groups is 1. The van der Waals surface area contributed by atoms with E-state index in [2.05, 4.69) is 4.98 Å². The van der Waals surface area contributed by atoms with Crippen molar-refractivity contribution in [2.75, 3.05) is 4.90 Å². The van der Waals surface area contributed by atoms with Crippen molar-refractivity contribution in [3.05, 3.63) is 121 Å². The Morgan fingerprint density at radius 2 is 1.60 bits per heavy atom. The molecule has 1 unspecified atom stereocenters. The summed E-state index contributed by atoms with van der Waals surface area (Å²) in [5, 5.41) is 33.4. The minimum atomic E-state index is -4.24. The number of sulfone groups is 1. The van der Waals surface area contributed by atoms with E-state index < -0.39 is 43.2 Å². The largest absolute Gasteiger partial charge is 0.507 e. The summed E-state index contributed by atoms with van der Waals surface area (Å²) in [5.74, 6) is -2.75. The molecule has 1 amide bonds. The first kappa shape index (κ1) is 28.3. The fraction of sp³-hybridized carbons (Fsp3) is 0.0741. The van der Waals surface area contributed by atoms with Crippen molar-refractivity contribution in [3.8, 4) is 0 Å². The number of aliphatic hydroxyl groups excluding tert-OH is 1. The molecule has 1 saturated heterocycles. The molecule has 0 aliphatic carbocycles. The van der Waals surface area contributed by atoms with Crippen molar-refractivity contribution >= 4 is 55.1 Å². The normalized spacial score (nSPS) is 16.5. The van der Waals surface area contributed by atoms with Gasteiger partial charge in [-0.2, -0.15) is 0 Å². The van der Waals surface area contributed by atoms with Gasteiger partial charge in [-0.05, 0) is 24.6 Å². The number of hydrogen-bond acceptors (Lipinski definition) is 11. The van der Waals surface area contributed by atoms with Crippen LogP contribution in [0.15, 0.2) is 93.7 Å². The second-order valence-electron chi connectivity index (χ2n) is 9.10. The predicted octanol–water partition coefficient (Wildman–Crippen LogP) is 4.73. The average Bonchev–Trinajstić information content (AvgIpc) is 3.56. The molecule has 0 saturated carbocycles. The Kier molecular flexibility index (Phi) is 7.13. The summed E-state index contributed by atoms with van der Waals surface area (Å²) in [7, 11) is -4.24. The third-order valence-electron chi connectivity index (χ3n) is 6.47. The van der Waals surface area contributed by atoms with Gasteiger partial charge in [0.15, 0.2) is 5.13 Å². The molecule has 1 aliphatic heterocycles. The fourth-order valence-corrected chi connectivity index (χ4v) is 6.92. The third-order valence-corrected chi connectivity index (χ3v) is 9.69. The molecule has 0 bridgehead atoms. The van der Waals surface area contributed by atoms with Gasteiger partial charge in [0.05, 0.1) is 32.6 Å². The summed E-state index contributed by atoms with van der Waals surface area (Å²) in [6.07, 6.45) is 0.973. The number of amides is 1. The van der Waals surface area contributed by atoms with Crippen LogP contribution in [0.5, 0.6) is 0 Å². The molecule has 15 heteroatoms. The standard InChI is InChI=1S/C27H18N4O9S2/c1-15-5-7-16(8-6-15)24(32)22-23(17-3-2-4-19(13-17)31(37)38)29(26(34)25(22)33)27-28-14-21(41-27)42(39,40)20-11-9-18(10-12-20)30(35)36/h2-14,23,32H,1H3/b24-22-. The van der Waals surface area contributed by atoms with Crippen molar-refractivity contribution < 1.29 is 33.0 Å². The number of Topliss-reactive ketones (excluding diaryl/α,β-unsaturated/α-hetero) is 1. The molecule has 2 heterocycles. The lowest BCUT2D eigenvalue weighted by molar-refractivity contribution is -0.385. The second-order valence-corrected chi connectivity index (χ2v) is 12.3. The number of thiazole rings is 1. The Morgan fingerprint density at radius 1 is 0.952 bits per heavy atom. The van der Waals surface area contributed by atoms with Crippen LogP contribution in [0.1, 0.15) is 22.7 Å². The van der Waals surface area contributed by atoms with E-state index in [9.17, 15) is 43.3 Å². The van der Waals surface area contributed by atoms with E-state index in [-0.39, 0.29) is 42.3 Å². The van der Waals surface area contributed by atoms with Crippen LogP contribution < -0.4 is 4.90 Å². The van der Waals surface area contributed by atoms with E-state index in [0.717, 1.165) is 47.0 Å². The number of rotatable bonds is 7. The summed E-state index contributed by atoms with van der Waals surface area (Å²) >= 11 is 0.550. The number of ketones is 1. The van der Waals surface area contributed by atoms with Crippen molar-refractivity contribution in [1.29, 1.82) is 0 Å². The SMILES string of the molecule is Cc1ccc(/C(O)=C2/C(=O)C(=O)N(c3ncc(S(=O)(=O)c4ccc([N+](=O)[O-])cc4)s3)C2c2cccc([N+](=O)[O-])c2)cc1. The molecule has 5 rings (SSSR count). The predicted molar refractivity (Wildman–Crippen MR) is 150 cm³/mol. The fourth-order valence-electron chi connectivity index (χ4n) is 4.37. The molecule has 13 nitrogen and oxygen atoms in total. The zero-order valence-electron chi connectivity index (χ0n) is 21.4. The highest BCUT2D eigenvalue weighted by atomic mass is 32.2. The first-order valence-electron chi connectivity index (χ1n) is 12.0. The molecule has 3 aromatic carbocycles.